The molecular formula is C20H16BrNO2S. The average Bonchev–Trinajstić information content (AvgIpc) is 2.66. The third-order valence-corrected chi connectivity index (χ3v) is 5.74. The van der Waals surface area contributed by atoms with E-state index in [9.17, 15) is 0 Å². The van der Waals surface area contributed by atoms with Crippen molar-refractivity contribution in [2.45, 2.75) is 9.79 Å². The van der Waals surface area contributed by atoms with Gasteiger partial charge in [-0.15, -0.1) is 0 Å². The van der Waals surface area contributed by atoms with E-state index in [1.54, 1.807) is 26.0 Å². The van der Waals surface area contributed by atoms with Gasteiger partial charge in [-0.1, -0.05) is 27.7 Å². The number of halogens is 1. The number of methoxy groups -OCH3 is 2. The summed E-state index contributed by atoms with van der Waals surface area (Å²) in [5.41, 5.74) is 3.40. The summed E-state index contributed by atoms with van der Waals surface area (Å²) in [7, 11) is 3.39. The van der Waals surface area contributed by atoms with Crippen molar-refractivity contribution in [1.29, 1.82) is 0 Å². The fourth-order valence-corrected chi connectivity index (χ4v) is 4.27. The summed E-state index contributed by atoms with van der Waals surface area (Å²) in [6, 6.07) is 20.7. The Morgan fingerprint density at radius 2 is 1.28 bits per heavy atom. The maximum atomic E-state index is 5.41. The lowest BCUT2D eigenvalue weighted by Gasteiger charge is -2.33. The van der Waals surface area contributed by atoms with E-state index in [-0.39, 0.29) is 0 Å². The summed E-state index contributed by atoms with van der Waals surface area (Å²) in [5, 5.41) is 0. The fraction of sp³-hybridized carbons (Fsp3) is 0.100. The van der Waals surface area contributed by atoms with Crippen LogP contribution in [0.4, 0.5) is 17.1 Å². The number of benzene rings is 3. The Morgan fingerprint density at radius 1 is 0.760 bits per heavy atom. The van der Waals surface area contributed by atoms with Gasteiger partial charge in [0.05, 0.1) is 25.6 Å². The van der Waals surface area contributed by atoms with Crippen LogP contribution in [0.15, 0.2) is 74.9 Å². The molecule has 126 valence electrons. The summed E-state index contributed by atoms with van der Waals surface area (Å²) < 4.78 is 11.9. The summed E-state index contributed by atoms with van der Waals surface area (Å²) in [4.78, 5) is 4.58. The van der Waals surface area contributed by atoms with Crippen molar-refractivity contribution in [2.75, 3.05) is 19.1 Å². The molecule has 3 aromatic rings. The molecule has 3 nitrogen and oxygen atoms in total. The lowest BCUT2D eigenvalue weighted by atomic mass is 10.1. The molecule has 0 saturated heterocycles. The molecule has 0 aliphatic carbocycles. The largest absolute Gasteiger partial charge is 0.497 e. The van der Waals surface area contributed by atoms with E-state index in [0.717, 1.165) is 42.8 Å². The third-order valence-electron chi connectivity index (χ3n) is 4.12. The van der Waals surface area contributed by atoms with Crippen molar-refractivity contribution in [2.24, 2.45) is 0 Å². The topological polar surface area (TPSA) is 21.7 Å². The molecule has 0 amide bonds. The number of nitrogens with zero attached hydrogens (tertiary/aromatic N) is 1. The predicted molar refractivity (Wildman–Crippen MR) is 106 cm³/mol. The highest BCUT2D eigenvalue weighted by atomic mass is 79.9. The van der Waals surface area contributed by atoms with Crippen molar-refractivity contribution in [1.82, 2.24) is 0 Å². The SMILES string of the molecule is COc1ccc2c(c1)Sc1cc(OC)ccc1N2c1ccc(Br)cc1. The van der Waals surface area contributed by atoms with E-state index in [1.165, 1.54) is 0 Å². The second kappa shape index (κ2) is 6.65. The summed E-state index contributed by atoms with van der Waals surface area (Å²) in [5.74, 6) is 1.71. The number of fused-ring (bicyclic) bond motifs is 2. The molecule has 5 heteroatoms. The zero-order valence-corrected chi connectivity index (χ0v) is 16.2. The Hall–Kier alpha value is -2.11. The molecule has 0 N–H and O–H groups in total. The number of hydrogen-bond donors (Lipinski definition) is 0. The van der Waals surface area contributed by atoms with Crippen LogP contribution in [0.5, 0.6) is 11.5 Å². The first-order chi connectivity index (χ1) is 12.2. The predicted octanol–water partition coefficient (Wildman–Crippen LogP) is 6.40. The van der Waals surface area contributed by atoms with Gasteiger partial charge in [0.15, 0.2) is 0 Å². The molecule has 0 fully saturated rings. The Kier molecular flexibility index (Phi) is 4.36. The van der Waals surface area contributed by atoms with E-state index < -0.39 is 0 Å². The van der Waals surface area contributed by atoms with Gasteiger partial charge in [0, 0.05) is 20.0 Å². The Labute approximate surface area is 159 Å². The molecule has 0 saturated carbocycles. The van der Waals surface area contributed by atoms with Crippen LogP contribution < -0.4 is 14.4 Å². The molecule has 1 heterocycles. The van der Waals surface area contributed by atoms with E-state index >= 15 is 0 Å². The number of anilines is 3. The molecule has 0 radical (unpaired) electrons. The molecule has 0 unspecified atom stereocenters. The van der Waals surface area contributed by atoms with Crippen LogP contribution in [-0.2, 0) is 0 Å². The maximum Gasteiger partial charge on any atom is 0.120 e. The average molecular weight is 414 g/mol. The van der Waals surface area contributed by atoms with Gasteiger partial charge in [-0.05, 0) is 60.7 Å². The van der Waals surface area contributed by atoms with Gasteiger partial charge in [0.1, 0.15) is 11.5 Å². The van der Waals surface area contributed by atoms with Crippen LogP contribution in [-0.4, -0.2) is 14.2 Å². The van der Waals surface area contributed by atoms with Gasteiger partial charge in [0.25, 0.3) is 0 Å². The first-order valence-electron chi connectivity index (χ1n) is 7.79. The highest BCUT2D eigenvalue weighted by Crippen LogP contribution is 2.52. The fourth-order valence-electron chi connectivity index (χ4n) is 2.89. The monoisotopic (exact) mass is 413 g/mol. The van der Waals surface area contributed by atoms with Crippen LogP contribution in [0.2, 0.25) is 0 Å². The molecule has 0 atom stereocenters. The summed E-state index contributed by atoms with van der Waals surface area (Å²) in [6.45, 7) is 0. The normalized spacial score (nSPS) is 12.4. The lowest BCUT2D eigenvalue weighted by molar-refractivity contribution is 0.413. The summed E-state index contributed by atoms with van der Waals surface area (Å²) in [6.07, 6.45) is 0. The summed E-state index contributed by atoms with van der Waals surface area (Å²) >= 11 is 5.25. The molecule has 0 bridgehead atoms. The first kappa shape index (κ1) is 16.4. The minimum Gasteiger partial charge on any atom is -0.497 e. The molecular weight excluding hydrogens is 398 g/mol. The van der Waals surface area contributed by atoms with Crippen molar-refractivity contribution in [3.63, 3.8) is 0 Å². The van der Waals surface area contributed by atoms with Gasteiger partial charge in [-0.2, -0.15) is 0 Å². The number of ether oxygens (including phenoxy) is 2. The van der Waals surface area contributed by atoms with E-state index in [1.807, 2.05) is 12.1 Å². The lowest BCUT2D eigenvalue weighted by Crippen LogP contribution is -2.14. The number of rotatable bonds is 3. The second-order valence-electron chi connectivity index (χ2n) is 5.58. The highest BCUT2D eigenvalue weighted by molar-refractivity contribution is 9.10. The van der Waals surface area contributed by atoms with Crippen LogP contribution in [0.3, 0.4) is 0 Å². The van der Waals surface area contributed by atoms with Crippen molar-refractivity contribution in [3.8, 4) is 11.5 Å². The van der Waals surface area contributed by atoms with Crippen LogP contribution in [0.1, 0.15) is 0 Å². The smallest absolute Gasteiger partial charge is 0.120 e. The molecule has 25 heavy (non-hydrogen) atoms. The van der Waals surface area contributed by atoms with E-state index in [2.05, 4.69) is 69.4 Å². The van der Waals surface area contributed by atoms with Gasteiger partial charge in [-0.25, -0.2) is 0 Å². The zero-order valence-electron chi connectivity index (χ0n) is 13.8. The minimum atomic E-state index is 0.855. The highest BCUT2D eigenvalue weighted by Gasteiger charge is 2.25. The Balaban J connectivity index is 1.91. The van der Waals surface area contributed by atoms with Gasteiger partial charge >= 0.3 is 0 Å². The minimum absolute atomic E-state index is 0.855. The molecule has 1 aliphatic heterocycles. The molecule has 3 aromatic carbocycles. The first-order valence-corrected chi connectivity index (χ1v) is 9.40. The van der Waals surface area contributed by atoms with Crippen molar-refractivity contribution >= 4 is 44.8 Å². The standard InChI is InChI=1S/C20H16BrNO2S/c1-23-15-7-9-17-19(11-15)25-20-12-16(24-2)8-10-18(20)22(17)14-5-3-13(21)4-6-14/h3-12H,1-2H3. The molecule has 1 aliphatic rings. The van der Waals surface area contributed by atoms with Gasteiger partial charge in [-0.3, -0.25) is 0 Å². The van der Waals surface area contributed by atoms with Crippen LogP contribution in [0.25, 0.3) is 0 Å². The molecule has 4 rings (SSSR count). The van der Waals surface area contributed by atoms with Gasteiger partial charge < -0.3 is 14.4 Å². The van der Waals surface area contributed by atoms with Gasteiger partial charge in [0.2, 0.25) is 0 Å². The van der Waals surface area contributed by atoms with Crippen LogP contribution in [0, 0.1) is 0 Å². The Bertz CT molecular complexity index is 874. The zero-order chi connectivity index (χ0) is 17.4. The van der Waals surface area contributed by atoms with E-state index in [4.69, 9.17) is 9.47 Å². The molecule has 0 aromatic heterocycles. The molecule has 0 spiro atoms. The maximum absolute atomic E-state index is 5.41. The van der Waals surface area contributed by atoms with Crippen molar-refractivity contribution in [3.05, 3.63) is 65.1 Å². The second-order valence-corrected chi connectivity index (χ2v) is 7.58. The van der Waals surface area contributed by atoms with Crippen molar-refractivity contribution < 1.29 is 9.47 Å². The third kappa shape index (κ3) is 2.98. The quantitative estimate of drug-likeness (QED) is 0.387. The van der Waals surface area contributed by atoms with Crippen LogP contribution >= 0.6 is 27.7 Å². The van der Waals surface area contributed by atoms with E-state index in [0.29, 0.717) is 0 Å². The number of hydrogen-bond acceptors (Lipinski definition) is 4. The Morgan fingerprint density at radius 3 is 1.76 bits per heavy atom.